The van der Waals surface area contributed by atoms with Crippen LogP contribution in [0.4, 0.5) is 5.69 Å². The minimum atomic E-state index is 0.341. The first-order valence-corrected chi connectivity index (χ1v) is 6.93. The Morgan fingerprint density at radius 2 is 1.67 bits per heavy atom. The molecular formula is C15H20N2O. The average molecular weight is 244 g/mol. The first kappa shape index (κ1) is 11.6. The Labute approximate surface area is 108 Å². The highest BCUT2D eigenvalue weighted by Gasteiger charge is 2.31. The molecule has 3 nitrogen and oxygen atoms in total. The number of hydrogen-bond acceptors (Lipinski definition) is 2. The molecule has 1 aromatic rings. The van der Waals surface area contributed by atoms with Gasteiger partial charge in [0.2, 0.25) is 5.91 Å². The molecule has 1 heterocycles. The normalized spacial score (nSPS) is 20.7. The van der Waals surface area contributed by atoms with Crippen molar-refractivity contribution in [3.63, 3.8) is 0 Å². The Hall–Kier alpha value is -1.51. The zero-order chi connectivity index (χ0) is 12.4. The van der Waals surface area contributed by atoms with Crippen molar-refractivity contribution in [3.05, 3.63) is 30.3 Å². The van der Waals surface area contributed by atoms with Crippen LogP contribution in [0, 0.1) is 5.92 Å². The monoisotopic (exact) mass is 244 g/mol. The summed E-state index contributed by atoms with van der Waals surface area (Å²) in [5.74, 6) is 0.738. The summed E-state index contributed by atoms with van der Waals surface area (Å²) >= 11 is 0. The maximum absolute atomic E-state index is 12.1. The van der Waals surface area contributed by atoms with Crippen LogP contribution < -0.4 is 4.90 Å². The third-order valence-electron chi connectivity index (χ3n) is 4.17. The van der Waals surface area contributed by atoms with Crippen LogP contribution in [-0.2, 0) is 4.79 Å². The Bertz CT molecular complexity index is 406. The second-order valence-electron chi connectivity index (χ2n) is 5.28. The number of anilines is 1. The third kappa shape index (κ3) is 2.22. The van der Waals surface area contributed by atoms with Gasteiger partial charge in [0.1, 0.15) is 0 Å². The lowest BCUT2D eigenvalue weighted by atomic mass is 9.84. The number of hydrogen-bond donors (Lipinski definition) is 0. The van der Waals surface area contributed by atoms with Gasteiger partial charge in [0, 0.05) is 37.8 Å². The molecule has 96 valence electrons. The van der Waals surface area contributed by atoms with Crippen molar-refractivity contribution in [1.29, 1.82) is 0 Å². The summed E-state index contributed by atoms with van der Waals surface area (Å²) in [7, 11) is 0. The standard InChI is InChI=1S/C15H20N2O/c18-15(13-5-4-6-13)17-11-9-16(10-12-17)14-7-2-1-3-8-14/h1-3,7-8,13H,4-6,9-12H2. The molecule has 2 fully saturated rings. The minimum Gasteiger partial charge on any atom is -0.368 e. The summed E-state index contributed by atoms with van der Waals surface area (Å²) in [6, 6.07) is 10.5. The van der Waals surface area contributed by atoms with E-state index in [9.17, 15) is 4.79 Å². The van der Waals surface area contributed by atoms with Gasteiger partial charge in [-0.2, -0.15) is 0 Å². The smallest absolute Gasteiger partial charge is 0.225 e. The fraction of sp³-hybridized carbons (Fsp3) is 0.533. The van der Waals surface area contributed by atoms with Gasteiger partial charge < -0.3 is 9.80 Å². The lowest BCUT2D eigenvalue weighted by Crippen LogP contribution is -2.51. The Morgan fingerprint density at radius 1 is 1.00 bits per heavy atom. The van der Waals surface area contributed by atoms with E-state index in [0.29, 0.717) is 11.8 Å². The van der Waals surface area contributed by atoms with Crippen LogP contribution in [-0.4, -0.2) is 37.0 Å². The maximum atomic E-state index is 12.1. The lowest BCUT2D eigenvalue weighted by Gasteiger charge is -2.39. The van der Waals surface area contributed by atoms with E-state index in [-0.39, 0.29) is 0 Å². The molecule has 3 rings (SSSR count). The van der Waals surface area contributed by atoms with E-state index < -0.39 is 0 Å². The number of benzene rings is 1. The summed E-state index contributed by atoms with van der Waals surface area (Å²) in [5, 5.41) is 0. The van der Waals surface area contributed by atoms with Gasteiger partial charge in [-0.25, -0.2) is 0 Å². The summed E-state index contributed by atoms with van der Waals surface area (Å²) in [5.41, 5.74) is 1.27. The van der Waals surface area contributed by atoms with Crippen LogP contribution in [0.1, 0.15) is 19.3 Å². The number of rotatable bonds is 2. The molecule has 1 aliphatic carbocycles. The second-order valence-corrected chi connectivity index (χ2v) is 5.28. The summed E-state index contributed by atoms with van der Waals surface area (Å²) < 4.78 is 0. The molecule has 1 amide bonds. The Morgan fingerprint density at radius 3 is 2.22 bits per heavy atom. The number of amides is 1. The predicted octanol–water partition coefficient (Wildman–Crippen LogP) is 2.14. The first-order valence-electron chi connectivity index (χ1n) is 6.93. The van der Waals surface area contributed by atoms with Crippen LogP contribution >= 0.6 is 0 Å². The second kappa shape index (κ2) is 5.01. The van der Waals surface area contributed by atoms with E-state index >= 15 is 0 Å². The molecule has 3 heteroatoms. The van der Waals surface area contributed by atoms with Gasteiger partial charge in [0.15, 0.2) is 0 Å². The highest BCUT2D eigenvalue weighted by molar-refractivity contribution is 5.79. The minimum absolute atomic E-state index is 0.341. The van der Waals surface area contributed by atoms with Gasteiger partial charge >= 0.3 is 0 Å². The molecule has 1 aromatic carbocycles. The highest BCUT2D eigenvalue weighted by Crippen LogP contribution is 2.28. The van der Waals surface area contributed by atoms with E-state index in [2.05, 4.69) is 34.1 Å². The topological polar surface area (TPSA) is 23.6 Å². The number of para-hydroxylation sites is 1. The molecule has 1 saturated carbocycles. The maximum Gasteiger partial charge on any atom is 0.225 e. The summed E-state index contributed by atoms with van der Waals surface area (Å²) in [6.07, 6.45) is 3.45. The zero-order valence-corrected chi connectivity index (χ0v) is 10.7. The Kier molecular flexibility index (Phi) is 3.22. The number of nitrogens with zero attached hydrogens (tertiary/aromatic N) is 2. The van der Waals surface area contributed by atoms with Crippen molar-refractivity contribution in [2.24, 2.45) is 5.92 Å². The molecule has 0 spiro atoms. The molecule has 2 aliphatic rings. The first-order chi connectivity index (χ1) is 8.84. The molecule has 0 atom stereocenters. The summed E-state index contributed by atoms with van der Waals surface area (Å²) in [6.45, 7) is 3.68. The highest BCUT2D eigenvalue weighted by atomic mass is 16.2. The van der Waals surface area contributed by atoms with Crippen molar-refractivity contribution in [2.75, 3.05) is 31.1 Å². The lowest BCUT2D eigenvalue weighted by molar-refractivity contribution is -0.138. The van der Waals surface area contributed by atoms with E-state index in [1.54, 1.807) is 0 Å². The number of piperazine rings is 1. The van der Waals surface area contributed by atoms with E-state index in [0.717, 1.165) is 39.0 Å². The molecule has 0 aromatic heterocycles. The molecule has 0 radical (unpaired) electrons. The SMILES string of the molecule is O=C(C1CCC1)N1CCN(c2ccccc2)CC1. The quantitative estimate of drug-likeness (QED) is 0.795. The molecule has 1 aliphatic heterocycles. The molecule has 1 saturated heterocycles. The fourth-order valence-electron chi connectivity index (χ4n) is 2.74. The zero-order valence-electron chi connectivity index (χ0n) is 10.7. The average Bonchev–Trinajstić information content (AvgIpc) is 2.38. The third-order valence-corrected chi connectivity index (χ3v) is 4.17. The fourth-order valence-corrected chi connectivity index (χ4v) is 2.74. The van der Waals surface area contributed by atoms with E-state index in [1.165, 1.54) is 12.1 Å². The van der Waals surface area contributed by atoms with E-state index in [4.69, 9.17) is 0 Å². The van der Waals surface area contributed by atoms with Crippen molar-refractivity contribution >= 4 is 11.6 Å². The van der Waals surface area contributed by atoms with Gasteiger partial charge in [-0.1, -0.05) is 24.6 Å². The van der Waals surface area contributed by atoms with Gasteiger partial charge in [-0.05, 0) is 25.0 Å². The van der Waals surface area contributed by atoms with Crippen LogP contribution in [0.2, 0.25) is 0 Å². The van der Waals surface area contributed by atoms with E-state index in [1.807, 2.05) is 6.07 Å². The van der Waals surface area contributed by atoms with Crippen LogP contribution in [0.25, 0.3) is 0 Å². The largest absolute Gasteiger partial charge is 0.368 e. The number of carbonyl (C=O) groups excluding carboxylic acids is 1. The van der Waals surface area contributed by atoms with Crippen LogP contribution in [0.3, 0.4) is 0 Å². The van der Waals surface area contributed by atoms with Gasteiger partial charge in [0.05, 0.1) is 0 Å². The van der Waals surface area contributed by atoms with Gasteiger partial charge in [0.25, 0.3) is 0 Å². The molecular weight excluding hydrogens is 224 g/mol. The molecule has 0 unspecified atom stereocenters. The predicted molar refractivity (Wildman–Crippen MR) is 72.6 cm³/mol. The van der Waals surface area contributed by atoms with Crippen LogP contribution in [0.15, 0.2) is 30.3 Å². The van der Waals surface area contributed by atoms with Gasteiger partial charge in [-0.15, -0.1) is 0 Å². The molecule has 0 bridgehead atoms. The van der Waals surface area contributed by atoms with Crippen molar-refractivity contribution < 1.29 is 4.79 Å². The summed E-state index contributed by atoms with van der Waals surface area (Å²) in [4.78, 5) is 16.6. The van der Waals surface area contributed by atoms with Crippen molar-refractivity contribution in [2.45, 2.75) is 19.3 Å². The number of carbonyl (C=O) groups is 1. The van der Waals surface area contributed by atoms with Crippen LogP contribution in [0.5, 0.6) is 0 Å². The molecule has 18 heavy (non-hydrogen) atoms. The van der Waals surface area contributed by atoms with Crippen molar-refractivity contribution in [1.82, 2.24) is 4.90 Å². The van der Waals surface area contributed by atoms with Crippen molar-refractivity contribution in [3.8, 4) is 0 Å². The Balaban J connectivity index is 1.56. The molecule has 0 N–H and O–H groups in total. The van der Waals surface area contributed by atoms with Gasteiger partial charge in [-0.3, -0.25) is 4.79 Å².